The van der Waals surface area contributed by atoms with E-state index in [9.17, 15) is 19.8 Å². The van der Waals surface area contributed by atoms with E-state index in [0.717, 1.165) is 51.4 Å². The number of carboxylic acid groups (broad SMARTS) is 1. The Hall–Kier alpha value is -1.20. The molecule has 2 aliphatic carbocycles. The minimum absolute atomic E-state index is 0.0819. The van der Waals surface area contributed by atoms with Gasteiger partial charge in [0.1, 0.15) is 5.78 Å². The lowest BCUT2D eigenvalue weighted by Gasteiger charge is -2.45. The van der Waals surface area contributed by atoms with Crippen molar-refractivity contribution in [3.8, 4) is 0 Å². The molecule has 28 heavy (non-hydrogen) atoms. The van der Waals surface area contributed by atoms with Crippen LogP contribution in [0.2, 0.25) is 0 Å². The third-order valence-corrected chi connectivity index (χ3v) is 6.91. The molecule has 3 N–H and O–H groups in total. The fourth-order valence-electron chi connectivity index (χ4n) is 5.08. The van der Waals surface area contributed by atoms with Crippen LogP contribution in [0.3, 0.4) is 0 Å². The SMILES string of the molecule is CCCC1([C@H](O)C/C=C/[C@H]2[C@H](O)CC(=O)[C@H]2CCCCCCC(=O)O)CCC1. The largest absolute Gasteiger partial charge is 0.481 e. The first-order valence-corrected chi connectivity index (χ1v) is 11.2. The van der Waals surface area contributed by atoms with E-state index < -0.39 is 12.1 Å². The highest BCUT2D eigenvalue weighted by Crippen LogP contribution is 2.48. The second-order valence-corrected chi connectivity index (χ2v) is 8.91. The summed E-state index contributed by atoms with van der Waals surface area (Å²) in [5, 5.41) is 29.6. The molecule has 0 aromatic carbocycles. The van der Waals surface area contributed by atoms with Crippen LogP contribution in [0, 0.1) is 17.3 Å². The molecule has 2 fully saturated rings. The maximum Gasteiger partial charge on any atom is 0.303 e. The average molecular weight is 395 g/mol. The van der Waals surface area contributed by atoms with Crippen LogP contribution in [0.5, 0.6) is 0 Å². The van der Waals surface area contributed by atoms with Gasteiger partial charge < -0.3 is 15.3 Å². The van der Waals surface area contributed by atoms with Gasteiger partial charge >= 0.3 is 5.97 Å². The molecule has 5 nitrogen and oxygen atoms in total. The minimum Gasteiger partial charge on any atom is -0.481 e. The Morgan fingerprint density at radius 3 is 2.57 bits per heavy atom. The summed E-state index contributed by atoms with van der Waals surface area (Å²) in [6.07, 6.45) is 13.7. The van der Waals surface area contributed by atoms with Crippen molar-refractivity contribution >= 4 is 11.8 Å². The molecule has 2 rings (SSSR count). The van der Waals surface area contributed by atoms with E-state index in [1.165, 1.54) is 6.42 Å². The maximum absolute atomic E-state index is 12.3. The van der Waals surface area contributed by atoms with E-state index in [1.54, 1.807) is 0 Å². The summed E-state index contributed by atoms with van der Waals surface area (Å²) in [4.78, 5) is 22.8. The summed E-state index contributed by atoms with van der Waals surface area (Å²) < 4.78 is 0. The summed E-state index contributed by atoms with van der Waals surface area (Å²) in [6, 6.07) is 0. The van der Waals surface area contributed by atoms with Crippen molar-refractivity contribution in [2.24, 2.45) is 17.3 Å². The molecule has 2 saturated carbocycles. The molecule has 0 aromatic heterocycles. The third kappa shape index (κ3) is 6.15. The summed E-state index contributed by atoms with van der Waals surface area (Å²) in [5.74, 6) is -0.919. The monoisotopic (exact) mass is 394 g/mol. The van der Waals surface area contributed by atoms with Crippen molar-refractivity contribution in [2.75, 3.05) is 0 Å². The number of carbonyl (C=O) groups excluding carboxylic acids is 1. The molecule has 0 bridgehead atoms. The molecule has 4 atom stereocenters. The van der Waals surface area contributed by atoms with Crippen LogP contribution in [-0.4, -0.2) is 39.3 Å². The standard InChI is InChI=1S/C23H38O5/c1-2-13-23(14-8-15-23)21(26)11-7-10-18-17(19(24)16-20(18)25)9-5-3-4-6-12-22(27)28/h7,10,17-18,20-21,25-26H,2-6,8-9,11-16H2,1H3,(H,27,28)/b10-7+/t17-,18+,20+,21+/m0/s1. The van der Waals surface area contributed by atoms with Crippen LogP contribution < -0.4 is 0 Å². The van der Waals surface area contributed by atoms with Gasteiger partial charge in [0.05, 0.1) is 12.2 Å². The number of Topliss-reactive ketones (excluding diaryl/α,β-unsaturated/α-hetero) is 1. The lowest BCUT2D eigenvalue weighted by Crippen LogP contribution is -2.41. The van der Waals surface area contributed by atoms with Crippen LogP contribution in [0.25, 0.3) is 0 Å². The number of hydrogen-bond donors (Lipinski definition) is 3. The molecule has 0 amide bonds. The highest BCUT2D eigenvalue weighted by atomic mass is 16.4. The van der Waals surface area contributed by atoms with Crippen LogP contribution >= 0.6 is 0 Å². The lowest BCUT2D eigenvalue weighted by atomic mass is 9.62. The number of rotatable bonds is 13. The van der Waals surface area contributed by atoms with Gasteiger partial charge in [0, 0.05) is 24.7 Å². The Morgan fingerprint density at radius 1 is 1.25 bits per heavy atom. The fourth-order valence-corrected chi connectivity index (χ4v) is 5.08. The fraction of sp³-hybridized carbons (Fsp3) is 0.826. The van der Waals surface area contributed by atoms with Crippen LogP contribution in [0.1, 0.15) is 90.4 Å². The van der Waals surface area contributed by atoms with Crippen LogP contribution in [0.4, 0.5) is 0 Å². The number of aliphatic hydroxyl groups excluding tert-OH is 2. The van der Waals surface area contributed by atoms with Crippen molar-refractivity contribution in [2.45, 2.75) is 103 Å². The highest BCUT2D eigenvalue weighted by Gasteiger charge is 2.42. The molecule has 0 spiro atoms. The number of unbranched alkanes of at least 4 members (excludes halogenated alkanes) is 3. The number of ketones is 1. The molecule has 0 saturated heterocycles. The van der Waals surface area contributed by atoms with E-state index in [0.29, 0.717) is 12.8 Å². The minimum atomic E-state index is -0.760. The molecule has 5 heteroatoms. The number of hydrogen-bond acceptors (Lipinski definition) is 4. The maximum atomic E-state index is 12.3. The van der Waals surface area contributed by atoms with E-state index in [-0.39, 0.29) is 42.0 Å². The zero-order valence-electron chi connectivity index (χ0n) is 17.3. The number of aliphatic hydroxyl groups is 2. The Balaban J connectivity index is 1.79. The van der Waals surface area contributed by atoms with Crippen molar-refractivity contribution in [1.29, 1.82) is 0 Å². The zero-order chi connectivity index (χ0) is 20.6. The van der Waals surface area contributed by atoms with E-state index in [2.05, 4.69) is 6.92 Å². The predicted molar refractivity (Wildman–Crippen MR) is 109 cm³/mol. The van der Waals surface area contributed by atoms with Gasteiger partial charge in [0.2, 0.25) is 0 Å². The molecule has 0 heterocycles. The van der Waals surface area contributed by atoms with Gasteiger partial charge in [0.15, 0.2) is 0 Å². The second kappa shape index (κ2) is 11.1. The highest BCUT2D eigenvalue weighted by molar-refractivity contribution is 5.84. The molecule has 0 radical (unpaired) electrons. The van der Waals surface area contributed by atoms with Crippen molar-refractivity contribution in [3.05, 3.63) is 12.2 Å². The first-order chi connectivity index (χ1) is 13.4. The third-order valence-electron chi connectivity index (χ3n) is 6.91. The van der Waals surface area contributed by atoms with Crippen LogP contribution in [0.15, 0.2) is 12.2 Å². The molecule has 0 aromatic rings. The molecule has 2 aliphatic rings. The zero-order valence-corrected chi connectivity index (χ0v) is 17.3. The molecule has 160 valence electrons. The Kier molecular flexibility index (Phi) is 9.16. The summed E-state index contributed by atoms with van der Waals surface area (Å²) >= 11 is 0. The Bertz CT molecular complexity index is 537. The number of aliphatic carboxylic acids is 1. The van der Waals surface area contributed by atoms with Gasteiger partial charge in [-0.15, -0.1) is 0 Å². The van der Waals surface area contributed by atoms with E-state index >= 15 is 0 Å². The van der Waals surface area contributed by atoms with E-state index in [4.69, 9.17) is 5.11 Å². The summed E-state index contributed by atoms with van der Waals surface area (Å²) in [5.41, 5.74) is 0.0819. The summed E-state index contributed by atoms with van der Waals surface area (Å²) in [6.45, 7) is 2.16. The average Bonchev–Trinajstić information content (AvgIpc) is 2.87. The van der Waals surface area contributed by atoms with Crippen molar-refractivity contribution in [3.63, 3.8) is 0 Å². The van der Waals surface area contributed by atoms with E-state index in [1.807, 2.05) is 12.2 Å². The predicted octanol–water partition coefficient (Wildman–Crippen LogP) is 4.26. The van der Waals surface area contributed by atoms with Crippen molar-refractivity contribution in [1.82, 2.24) is 0 Å². The van der Waals surface area contributed by atoms with Crippen LogP contribution in [-0.2, 0) is 9.59 Å². The Labute approximate surface area is 169 Å². The quantitative estimate of drug-likeness (QED) is 0.320. The number of carbonyl (C=O) groups is 2. The van der Waals surface area contributed by atoms with Gasteiger partial charge in [0.25, 0.3) is 0 Å². The van der Waals surface area contributed by atoms with Gasteiger partial charge in [-0.05, 0) is 43.9 Å². The molecule has 0 unspecified atom stereocenters. The smallest absolute Gasteiger partial charge is 0.303 e. The summed E-state index contributed by atoms with van der Waals surface area (Å²) in [7, 11) is 0. The first-order valence-electron chi connectivity index (χ1n) is 11.2. The number of carboxylic acids is 1. The van der Waals surface area contributed by atoms with Crippen molar-refractivity contribution < 1.29 is 24.9 Å². The molecular formula is C23H38O5. The van der Waals surface area contributed by atoms with Gasteiger partial charge in [-0.25, -0.2) is 0 Å². The van der Waals surface area contributed by atoms with Gasteiger partial charge in [-0.2, -0.15) is 0 Å². The normalized spacial score (nSPS) is 27.8. The topological polar surface area (TPSA) is 94.8 Å². The molecule has 0 aliphatic heterocycles. The Morgan fingerprint density at radius 2 is 1.96 bits per heavy atom. The van der Waals surface area contributed by atoms with Gasteiger partial charge in [-0.1, -0.05) is 51.2 Å². The molecular weight excluding hydrogens is 356 g/mol. The lowest BCUT2D eigenvalue weighted by molar-refractivity contribution is -0.137. The van der Waals surface area contributed by atoms with Gasteiger partial charge in [-0.3, -0.25) is 9.59 Å². The second-order valence-electron chi connectivity index (χ2n) is 8.91. The first kappa shape index (κ1) is 23.1.